The van der Waals surface area contributed by atoms with E-state index in [0.29, 0.717) is 5.92 Å². The lowest BCUT2D eigenvalue weighted by molar-refractivity contribution is 0.0416. The highest BCUT2D eigenvalue weighted by Gasteiger charge is 2.16. The van der Waals surface area contributed by atoms with Crippen LogP contribution in [-0.4, -0.2) is 10.7 Å². The highest BCUT2D eigenvalue weighted by molar-refractivity contribution is 4.70. The second-order valence-electron chi connectivity index (χ2n) is 3.78. The van der Waals surface area contributed by atoms with E-state index in [1.807, 2.05) is 13.8 Å². The Kier molecular flexibility index (Phi) is 3.95. The van der Waals surface area contributed by atoms with Crippen molar-refractivity contribution >= 4 is 0 Å². The summed E-state index contributed by atoms with van der Waals surface area (Å²) < 4.78 is 0. The van der Waals surface area contributed by atoms with Gasteiger partial charge in [-0.3, -0.25) is 0 Å². The van der Waals surface area contributed by atoms with Crippen LogP contribution in [0.1, 0.15) is 47.0 Å². The third-order valence-corrected chi connectivity index (χ3v) is 2.02. The van der Waals surface area contributed by atoms with E-state index in [-0.39, 0.29) is 0 Å². The molecular weight excluding hydrogens is 124 g/mol. The zero-order valence-corrected chi connectivity index (χ0v) is 7.65. The Balaban J connectivity index is 3.46. The molecule has 0 fully saturated rings. The predicted octanol–water partition coefficient (Wildman–Crippen LogP) is 2.58. The van der Waals surface area contributed by atoms with Gasteiger partial charge in [0.2, 0.25) is 0 Å². The monoisotopic (exact) mass is 144 g/mol. The Morgan fingerprint density at radius 3 is 2.20 bits per heavy atom. The average molecular weight is 144 g/mol. The molecule has 0 aliphatic carbocycles. The minimum absolute atomic E-state index is 0.426. The first-order chi connectivity index (χ1) is 4.48. The number of rotatable bonds is 4. The van der Waals surface area contributed by atoms with Crippen molar-refractivity contribution < 1.29 is 5.11 Å². The highest BCUT2D eigenvalue weighted by atomic mass is 16.3. The SMILES string of the molecule is CCC(C)(O)CCC(C)C. The number of hydrogen-bond donors (Lipinski definition) is 1. The van der Waals surface area contributed by atoms with Gasteiger partial charge in [0.05, 0.1) is 5.60 Å². The zero-order chi connectivity index (χ0) is 8.20. The molecule has 0 aliphatic heterocycles. The lowest BCUT2D eigenvalue weighted by Gasteiger charge is -2.21. The predicted molar refractivity (Wildman–Crippen MR) is 45.0 cm³/mol. The van der Waals surface area contributed by atoms with E-state index in [1.165, 1.54) is 0 Å². The third kappa shape index (κ3) is 4.80. The van der Waals surface area contributed by atoms with Crippen molar-refractivity contribution in [2.75, 3.05) is 0 Å². The Morgan fingerprint density at radius 2 is 1.90 bits per heavy atom. The van der Waals surface area contributed by atoms with Gasteiger partial charge in [-0.05, 0) is 32.1 Å². The van der Waals surface area contributed by atoms with Crippen molar-refractivity contribution in [2.45, 2.75) is 52.6 Å². The molecule has 0 amide bonds. The van der Waals surface area contributed by atoms with Gasteiger partial charge in [0.1, 0.15) is 0 Å². The summed E-state index contributed by atoms with van der Waals surface area (Å²) in [4.78, 5) is 0. The smallest absolute Gasteiger partial charge is 0.0617 e. The largest absolute Gasteiger partial charge is 0.390 e. The maximum absolute atomic E-state index is 9.57. The normalized spacial score (nSPS) is 17.4. The zero-order valence-electron chi connectivity index (χ0n) is 7.65. The van der Waals surface area contributed by atoms with E-state index in [4.69, 9.17) is 0 Å². The molecule has 0 saturated heterocycles. The van der Waals surface area contributed by atoms with Gasteiger partial charge < -0.3 is 5.11 Å². The van der Waals surface area contributed by atoms with Gasteiger partial charge in [0, 0.05) is 0 Å². The van der Waals surface area contributed by atoms with Crippen molar-refractivity contribution in [3.8, 4) is 0 Å². The molecule has 1 N–H and O–H groups in total. The maximum atomic E-state index is 9.57. The molecule has 0 radical (unpaired) electrons. The van der Waals surface area contributed by atoms with Crippen LogP contribution in [0.4, 0.5) is 0 Å². The molecule has 0 rings (SSSR count). The van der Waals surface area contributed by atoms with Crippen LogP contribution in [0.2, 0.25) is 0 Å². The van der Waals surface area contributed by atoms with Crippen molar-refractivity contribution in [1.82, 2.24) is 0 Å². The summed E-state index contributed by atoms with van der Waals surface area (Å²) in [6.45, 7) is 8.31. The molecule has 0 spiro atoms. The first kappa shape index (κ1) is 9.96. The lowest BCUT2D eigenvalue weighted by atomic mass is 9.93. The Hall–Kier alpha value is -0.0400. The third-order valence-electron chi connectivity index (χ3n) is 2.02. The first-order valence-electron chi connectivity index (χ1n) is 4.20. The van der Waals surface area contributed by atoms with Gasteiger partial charge in [-0.15, -0.1) is 0 Å². The molecule has 0 bridgehead atoms. The van der Waals surface area contributed by atoms with Gasteiger partial charge >= 0.3 is 0 Å². The van der Waals surface area contributed by atoms with Crippen LogP contribution < -0.4 is 0 Å². The molecule has 0 saturated carbocycles. The van der Waals surface area contributed by atoms with Crippen LogP contribution in [0.25, 0.3) is 0 Å². The summed E-state index contributed by atoms with van der Waals surface area (Å²) in [7, 11) is 0. The summed E-state index contributed by atoms with van der Waals surface area (Å²) in [5.41, 5.74) is -0.426. The minimum Gasteiger partial charge on any atom is -0.390 e. The fourth-order valence-corrected chi connectivity index (χ4v) is 0.776. The molecule has 1 heteroatoms. The molecule has 1 atom stereocenters. The van der Waals surface area contributed by atoms with Crippen LogP contribution >= 0.6 is 0 Å². The number of hydrogen-bond acceptors (Lipinski definition) is 1. The standard InChI is InChI=1S/C9H20O/c1-5-9(4,10)7-6-8(2)3/h8,10H,5-7H2,1-4H3. The van der Waals surface area contributed by atoms with Crippen LogP contribution in [0.15, 0.2) is 0 Å². The van der Waals surface area contributed by atoms with Gasteiger partial charge in [0.15, 0.2) is 0 Å². The van der Waals surface area contributed by atoms with E-state index in [0.717, 1.165) is 19.3 Å². The first-order valence-corrected chi connectivity index (χ1v) is 4.20. The summed E-state index contributed by atoms with van der Waals surface area (Å²) in [6, 6.07) is 0. The van der Waals surface area contributed by atoms with Crippen LogP contribution in [0.5, 0.6) is 0 Å². The van der Waals surface area contributed by atoms with Crippen molar-refractivity contribution in [3.63, 3.8) is 0 Å². The molecule has 0 heterocycles. The van der Waals surface area contributed by atoms with Gasteiger partial charge in [-0.1, -0.05) is 20.8 Å². The van der Waals surface area contributed by atoms with Crippen molar-refractivity contribution in [3.05, 3.63) is 0 Å². The molecule has 1 nitrogen and oxygen atoms in total. The van der Waals surface area contributed by atoms with E-state index < -0.39 is 5.60 Å². The van der Waals surface area contributed by atoms with Gasteiger partial charge in [-0.25, -0.2) is 0 Å². The molecule has 1 unspecified atom stereocenters. The summed E-state index contributed by atoms with van der Waals surface area (Å²) in [5.74, 6) is 0.707. The minimum atomic E-state index is -0.426. The Labute approximate surface area is 64.5 Å². The second-order valence-corrected chi connectivity index (χ2v) is 3.78. The average Bonchev–Trinajstić information content (AvgIpc) is 1.85. The van der Waals surface area contributed by atoms with E-state index in [2.05, 4.69) is 13.8 Å². The Bertz CT molecular complexity index is 84.7. The molecule has 0 aliphatic rings. The molecule has 0 aromatic rings. The van der Waals surface area contributed by atoms with E-state index in [1.54, 1.807) is 0 Å². The molecular formula is C9H20O. The van der Waals surface area contributed by atoms with Gasteiger partial charge in [0.25, 0.3) is 0 Å². The molecule has 0 aromatic carbocycles. The fourth-order valence-electron chi connectivity index (χ4n) is 0.776. The topological polar surface area (TPSA) is 20.2 Å². The second kappa shape index (κ2) is 3.97. The number of aliphatic hydroxyl groups is 1. The summed E-state index contributed by atoms with van der Waals surface area (Å²) >= 11 is 0. The molecule has 10 heavy (non-hydrogen) atoms. The molecule has 0 aromatic heterocycles. The van der Waals surface area contributed by atoms with Crippen LogP contribution in [0, 0.1) is 5.92 Å². The fraction of sp³-hybridized carbons (Fsp3) is 1.00. The van der Waals surface area contributed by atoms with Crippen molar-refractivity contribution in [1.29, 1.82) is 0 Å². The summed E-state index contributed by atoms with van der Waals surface area (Å²) in [6.07, 6.45) is 2.92. The highest BCUT2D eigenvalue weighted by Crippen LogP contribution is 2.18. The van der Waals surface area contributed by atoms with Crippen molar-refractivity contribution in [2.24, 2.45) is 5.92 Å². The summed E-state index contributed by atoms with van der Waals surface area (Å²) in [5, 5.41) is 9.57. The maximum Gasteiger partial charge on any atom is 0.0617 e. The molecule has 62 valence electrons. The van der Waals surface area contributed by atoms with E-state index >= 15 is 0 Å². The van der Waals surface area contributed by atoms with Crippen LogP contribution in [0.3, 0.4) is 0 Å². The van der Waals surface area contributed by atoms with E-state index in [9.17, 15) is 5.11 Å². The Morgan fingerprint density at radius 1 is 1.40 bits per heavy atom. The van der Waals surface area contributed by atoms with Gasteiger partial charge in [-0.2, -0.15) is 0 Å². The lowest BCUT2D eigenvalue weighted by Crippen LogP contribution is -2.22. The van der Waals surface area contributed by atoms with Crippen LogP contribution in [-0.2, 0) is 0 Å². The quantitative estimate of drug-likeness (QED) is 0.643.